The fourth-order valence-electron chi connectivity index (χ4n) is 0.841. The van der Waals surface area contributed by atoms with Gasteiger partial charge in [-0.1, -0.05) is 12.2 Å². The molecule has 0 fully saturated rings. The van der Waals surface area contributed by atoms with E-state index in [1.54, 1.807) is 0 Å². The van der Waals surface area contributed by atoms with Gasteiger partial charge in [0.05, 0.1) is 18.0 Å². The van der Waals surface area contributed by atoms with Crippen molar-refractivity contribution in [3.05, 3.63) is 0 Å². The highest BCUT2D eigenvalue weighted by molar-refractivity contribution is 7.80. The molecule has 0 aliphatic rings. The van der Waals surface area contributed by atoms with Gasteiger partial charge in [-0.2, -0.15) is 0 Å². The van der Waals surface area contributed by atoms with Crippen molar-refractivity contribution in [2.75, 3.05) is 19.7 Å². The summed E-state index contributed by atoms with van der Waals surface area (Å²) in [7, 11) is 0. The number of hydrogen-bond donors (Lipinski definition) is 2. The Labute approximate surface area is 77.3 Å². The van der Waals surface area contributed by atoms with Crippen molar-refractivity contribution < 1.29 is 9.90 Å². The van der Waals surface area contributed by atoms with E-state index in [4.69, 9.17) is 10.8 Å². The maximum absolute atomic E-state index is 11.2. The van der Waals surface area contributed by atoms with Gasteiger partial charge in [-0.25, -0.2) is 0 Å². The fourth-order valence-corrected chi connectivity index (χ4v) is 0.964. The van der Waals surface area contributed by atoms with Crippen molar-refractivity contribution in [2.24, 2.45) is 5.73 Å². The zero-order chi connectivity index (χ0) is 9.56. The fraction of sp³-hybridized carbons (Fsp3) is 0.714. The molecule has 70 valence electrons. The van der Waals surface area contributed by atoms with E-state index >= 15 is 0 Å². The summed E-state index contributed by atoms with van der Waals surface area (Å²) < 4.78 is 0. The number of nitrogens with two attached hydrogens (primary N) is 1. The van der Waals surface area contributed by atoms with Gasteiger partial charge >= 0.3 is 0 Å². The average Bonchev–Trinajstić information content (AvgIpc) is 1.98. The molecule has 12 heavy (non-hydrogen) atoms. The first-order valence-electron chi connectivity index (χ1n) is 3.78. The van der Waals surface area contributed by atoms with Crippen molar-refractivity contribution in [3.8, 4) is 0 Å². The Bertz CT molecular complexity index is 173. The van der Waals surface area contributed by atoms with Gasteiger partial charge in [-0.15, -0.1) is 0 Å². The number of thiocarbonyl (C=S) groups is 1. The predicted octanol–water partition coefficient (Wildman–Crippen LogP) is -0.497. The van der Waals surface area contributed by atoms with E-state index in [-0.39, 0.29) is 23.9 Å². The highest BCUT2D eigenvalue weighted by atomic mass is 32.1. The molecular weight excluding hydrogens is 176 g/mol. The Morgan fingerprint density at radius 1 is 1.67 bits per heavy atom. The molecule has 0 aromatic rings. The van der Waals surface area contributed by atoms with Crippen LogP contribution >= 0.6 is 12.2 Å². The van der Waals surface area contributed by atoms with Crippen LogP contribution in [0.1, 0.15) is 13.3 Å². The number of rotatable bonds is 5. The highest BCUT2D eigenvalue weighted by Gasteiger charge is 2.10. The summed E-state index contributed by atoms with van der Waals surface area (Å²) in [5.74, 6) is -0.126. The van der Waals surface area contributed by atoms with Gasteiger partial charge in [-0.3, -0.25) is 4.79 Å². The third kappa shape index (κ3) is 4.25. The molecule has 0 rings (SSSR count). The van der Waals surface area contributed by atoms with Crippen LogP contribution in [0.15, 0.2) is 0 Å². The number of aliphatic hydroxyl groups excluding tert-OH is 1. The molecule has 0 saturated heterocycles. The number of amides is 1. The molecule has 4 nitrogen and oxygen atoms in total. The molecule has 0 aromatic carbocycles. The maximum atomic E-state index is 11.2. The molecule has 0 unspecified atom stereocenters. The predicted molar refractivity (Wildman–Crippen MR) is 50.7 cm³/mol. The monoisotopic (exact) mass is 190 g/mol. The summed E-state index contributed by atoms with van der Waals surface area (Å²) >= 11 is 4.59. The van der Waals surface area contributed by atoms with E-state index in [9.17, 15) is 4.79 Å². The van der Waals surface area contributed by atoms with Crippen LogP contribution in [0.4, 0.5) is 0 Å². The lowest BCUT2D eigenvalue weighted by Gasteiger charge is -2.18. The van der Waals surface area contributed by atoms with Gasteiger partial charge in [0.25, 0.3) is 0 Å². The molecular formula is C7H14N2O2S. The van der Waals surface area contributed by atoms with E-state index in [1.807, 2.05) is 6.92 Å². The number of nitrogens with zero attached hydrogens (tertiary/aromatic N) is 1. The van der Waals surface area contributed by atoms with Gasteiger partial charge in [-0.05, 0) is 6.92 Å². The van der Waals surface area contributed by atoms with Crippen LogP contribution < -0.4 is 5.73 Å². The number of hydrogen-bond acceptors (Lipinski definition) is 3. The SMILES string of the molecule is CCN(CCO)C(=O)CC(N)=S. The van der Waals surface area contributed by atoms with Crippen LogP contribution in [0.3, 0.4) is 0 Å². The first-order chi connectivity index (χ1) is 5.61. The van der Waals surface area contributed by atoms with Crippen molar-refractivity contribution >= 4 is 23.1 Å². The zero-order valence-corrected chi connectivity index (χ0v) is 7.93. The van der Waals surface area contributed by atoms with Crippen molar-refractivity contribution in [1.82, 2.24) is 4.90 Å². The number of carbonyl (C=O) groups is 1. The normalized spacial score (nSPS) is 9.50. The molecule has 0 bridgehead atoms. The average molecular weight is 190 g/mol. The van der Waals surface area contributed by atoms with E-state index < -0.39 is 0 Å². The van der Waals surface area contributed by atoms with Crippen LogP contribution in [0.2, 0.25) is 0 Å². The molecule has 0 aliphatic carbocycles. The third-order valence-electron chi connectivity index (χ3n) is 1.43. The molecule has 1 amide bonds. The number of aliphatic hydroxyl groups is 1. The summed E-state index contributed by atoms with van der Waals surface area (Å²) in [4.78, 5) is 12.9. The quantitative estimate of drug-likeness (QED) is 0.574. The second kappa shape index (κ2) is 5.91. The number of carbonyl (C=O) groups excluding carboxylic acids is 1. The summed E-state index contributed by atoms with van der Waals surface area (Å²) in [5, 5.41) is 8.59. The standard InChI is InChI=1S/C7H14N2O2S/c1-2-9(3-4-10)7(11)5-6(8)12/h10H,2-5H2,1H3,(H2,8,12). The molecule has 0 atom stereocenters. The smallest absolute Gasteiger partial charge is 0.229 e. The van der Waals surface area contributed by atoms with Crippen molar-refractivity contribution in [2.45, 2.75) is 13.3 Å². The first kappa shape index (κ1) is 11.3. The Kier molecular flexibility index (Phi) is 5.57. The van der Waals surface area contributed by atoms with Crippen LogP contribution in [0.25, 0.3) is 0 Å². The minimum atomic E-state index is -0.126. The first-order valence-corrected chi connectivity index (χ1v) is 4.19. The van der Waals surface area contributed by atoms with Crippen LogP contribution in [0.5, 0.6) is 0 Å². The second-order valence-corrected chi connectivity index (χ2v) is 2.86. The summed E-state index contributed by atoms with van der Waals surface area (Å²) in [6.07, 6.45) is 0.0865. The Balaban J connectivity index is 3.93. The molecule has 5 heteroatoms. The van der Waals surface area contributed by atoms with Crippen LogP contribution in [-0.4, -0.2) is 40.6 Å². The van der Waals surface area contributed by atoms with Gasteiger partial charge < -0.3 is 15.7 Å². The summed E-state index contributed by atoms with van der Waals surface area (Å²) in [5.41, 5.74) is 5.20. The third-order valence-corrected chi connectivity index (χ3v) is 1.57. The molecule has 3 N–H and O–H groups in total. The lowest BCUT2D eigenvalue weighted by Crippen LogP contribution is -2.35. The minimum Gasteiger partial charge on any atom is -0.395 e. The molecule has 0 heterocycles. The zero-order valence-electron chi connectivity index (χ0n) is 7.12. The molecule has 0 aromatic heterocycles. The topological polar surface area (TPSA) is 66.6 Å². The summed E-state index contributed by atoms with van der Waals surface area (Å²) in [6, 6.07) is 0. The highest BCUT2D eigenvalue weighted by Crippen LogP contribution is 1.93. The van der Waals surface area contributed by atoms with Gasteiger partial charge in [0.15, 0.2) is 0 Å². The number of likely N-dealkylation sites (N-methyl/N-ethyl adjacent to an activating group) is 1. The van der Waals surface area contributed by atoms with E-state index in [0.717, 1.165) is 0 Å². The molecule has 0 aliphatic heterocycles. The second-order valence-electron chi connectivity index (χ2n) is 2.34. The van der Waals surface area contributed by atoms with Gasteiger partial charge in [0, 0.05) is 13.1 Å². The molecule has 0 spiro atoms. The van der Waals surface area contributed by atoms with E-state index in [0.29, 0.717) is 13.1 Å². The van der Waals surface area contributed by atoms with Gasteiger partial charge in [0.1, 0.15) is 0 Å². The largest absolute Gasteiger partial charge is 0.395 e. The Morgan fingerprint density at radius 3 is 2.58 bits per heavy atom. The maximum Gasteiger partial charge on any atom is 0.229 e. The van der Waals surface area contributed by atoms with E-state index in [1.165, 1.54) is 4.90 Å². The summed E-state index contributed by atoms with van der Waals surface area (Å²) in [6.45, 7) is 2.73. The van der Waals surface area contributed by atoms with E-state index in [2.05, 4.69) is 12.2 Å². The lowest BCUT2D eigenvalue weighted by atomic mass is 10.3. The lowest BCUT2D eigenvalue weighted by molar-refractivity contribution is -0.130. The molecule has 0 radical (unpaired) electrons. The van der Waals surface area contributed by atoms with Crippen molar-refractivity contribution in [1.29, 1.82) is 0 Å². The molecule has 0 saturated carbocycles. The van der Waals surface area contributed by atoms with Crippen LogP contribution in [-0.2, 0) is 4.79 Å². The van der Waals surface area contributed by atoms with Crippen LogP contribution in [0, 0.1) is 0 Å². The Hall–Kier alpha value is -0.680. The van der Waals surface area contributed by atoms with Gasteiger partial charge in [0.2, 0.25) is 5.91 Å². The van der Waals surface area contributed by atoms with Crippen molar-refractivity contribution in [3.63, 3.8) is 0 Å². The minimum absolute atomic E-state index is 0.0308. The Morgan fingerprint density at radius 2 is 2.25 bits per heavy atom.